The number of hydrogen-bond donors (Lipinski definition) is 2. The van der Waals surface area contributed by atoms with Crippen LogP contribution in [-0.4, -0.2) is 10.2 Å². The van der Waals surface area contributed by atoms with Crippen LogP contribution in [-0.2, 0) is 6.42 Å². The van der Waals surface area contributed by atoms with E-state index in [0.717, 1.165) is 28.3 Å². The van der Waals surface area contributed by atoms with Crippen LogP contribution in [0.2, 0.25) is 0 Å². The number of aryl methyl sites for hydroxylation is 1. The number of fused-ring (bicyclic) bond motifs is 2. The Balaban J connectivity index is 2.15. The number of phenolic OH excluding ortho intramolecular Hbond substituents is 2. The van der Waals surface area contributed by atoms with E-state index >= 15 is 0 Å². The Bertz CT molecular complexity index is 1060. The van der Waals surface area contributed by atoms with Crippen molar-refractivity contribution < 1.29 is 10.2 Å². The third kappa shape index (κ3) is 2.28. The number of phenols is 2. The Hall–Kier alpha value is -3.00. The molecule has 0 bridgehead atoms. The highest BCUT2D eigenvalue weighted by Gasteiger charge is 2.14. The highest BCUT2D eigenvalue weighted by Crippen LogP contribution is 2.40. The maximum Gasteiger partial charge on any atom is 0.123 e. The summed E-state index contributed by atoms with van der Waals surface area (Å²) in [4.78, 5) is 0. The van der Waals surface area contributed by atoms with Crippen molar-refractivity contribution in [2.24, 2.45) is 0 Å². The summed E-state index contributed by atoms with van der Waals surface area (Å²) in [6.45, 7) is 2.10. The van der Waals surface area contributed by atoms with Gasteiger partial charge in [-0.05, 0) is 69.4 Å². The number of rotatable bonds is 2. The van der Waals surface area contributed by atoms with E-state index in [1.807, 2.05) is 12.1 Å². The molecule has 2 nitrogen and oxygen atoms in total. The molecule has 118 valence electrons. The second-order valence-corrected chi connectivity index (χ2v) is 6.08. The van der Waals surface area contributed by atoms with Crippen molar-refractivity contribution in [2.75, 3.05) is 0 Å². The normalized spacial score (nSPS) is 11.2. The summed E-state index contributed by atoms with van der Waals surface area (Å²) in [5.41, 5.74) is 2.82. The van der Waals surface area contributed by atoms with Gasteiger partial charge in [0, 0.05) is 5.56 Å². The molecule has 0 spiro atoms. The largest absolute Gasteiger partial charge is 0.508 e. The topological polar surface area (TPSA) is 40.5 Å². The van der Waals surface area contributed by atoms with E-state index in [1.165, 1.54) is 16.8 Å². The molecule has 0 saturated heterocycles. The average Bonchev–Trinajstić information content (AvgIpc) is 2.61. The van der Waals surface area contributed by atoms with E-state index in [9.17, 15) is 10.2 Å². The van der Waals surface area contributed by atoms with E-state index in [1.54, 1.807) is 12.1 Å². The summed E-state index contributed by atoms with van der Waals surface area (Å²) in [7, 11) is 0. The monoisotopic (exact) mass is 314 g/mol. The molecule has 0 aliphatic heterocycles. The maximum absolute atomic E-state index is 10.4. The van der Waals surface area contributed by atoms with Crippen LogP contribution in [0.15, 0.2) is 66.7 Å². The van der Waals surface area contributed by atoms with Gasteiger partial charge in [-0.25, -0.2) is 0 Å². The molecule has 24 heavy (non-hydrogen) atoms. The molecule has 0 aliphatic rings. The molecule has 0 saturated carbocycles. The Morgan fingerprint density at radius 3 is 2.25 bits per heavy atom. The van der Waals surface area contributed by atoms with Gasteiger partial charge in [0.15, 0.2) is 0 Å². The standard InChI is InChI=1S/C22H18O2/c1-2-14-7-8-17-11-15-5-3-4-6-16(15)12-19(17)22(14)20-13-18(23)9-10-21(20)24/h3-13,23-24H,2H2,1H3. The lowest BCUT2D eigenvalue weighted by Crippen LogP contribution is -1.91. The molecule has 0 amide bonds. The maximum atomic E-state index is 10.4. The lowest BCUT2D eigenvalue weighted by molar-refractivity contribution is 0.462. The van der Waals surface area contributed by atoms with Gasteiger partial charge < -0.3 is 10.2 Å². The molecular weight excluding hydrogens is 296 g/mol. The Morgan fingerprint density at radius 1 is 0.750 bits per heavy atom. The average molecular weight is 314 g/mol. The second-order valence-electron chi connectivity index (χ2n) is 6.08. The van der Waals surface area contributed by atoms with Crippen molar-refractivity contribution in [2.45, 2.75) is 13.3 Å². The van der Waals surface area contributed by atoms with Crippen LogP contribution >= 0.6 is 0 Å². The zero-order chi connectivity index (χ0) is 16.7. The molecule has 4 aromatic carbocycles. The fraction of sp³-hybridized carbons (Fsp3) is 0.0909. The first kappa shape index (κ1) is 14.6. The van der Waals surface area contributed by atoms with Gasteiger partial charge in [0.1, 0.15) is 11.5 Å². The van der Waals surface area contributed by atoms with Crippen molar-refractivity contribution in [3.8, 4) is 22.6 Å². The van der Waals surface area contributed by atoms with Gasteiger partial charge in [0.05, 0.1) is 0 Å². The van der Waals surface area contributed by atoms with Crippen molar-refractivity contribution in [3.63, 3.8) is 0 Å². The SMILES string of the molecule is CCc1ccc2cc3ccccc3cc2c1-c1cc(O)ccc1O. The van der Waals surface area contributed by atoms with Crippen molar-refractivity contribution in [3.05, 3.63) is 72.3 Å². The molecule has 0 radical (unpaired) electrons. The van der Waals surface area contributed by atoms with Crippen LogP contribution in [0.5, 0.6) is 11.5 Å². The van der Waals surface area contributed by atoms with Gasteiger partial charge in [-0.15, -0.1) is 0 Å². The summed E-state index contributed by atoms with van der Waals surface area (Å²) in [6.07, 6.45) is 0.854. The summed E-state index contributed by atoms with van der Waals surface area (Å²) in [6, 6.07) is 21.5. The molecule has 4 rings (SSSR count). The van der Waals surface area contributed by atoms with E-state index in [-0.39, 0.29) is 11.5 Å². The highest BCUT2D eigenvalue weighted by molar-refractivity contribution is 6.06. The van der Waals surface area contributed by atoms with Crippen LogP contribution in [0.3, 0.4) is 0 Å². The summed E-state index contributed by atoms with van der Waals surface area (Å²) in [5.74, 6) is 0.339. The van der Waals surface area contributed by atoms with Gasteiger partial charge in [-0.1, -0.05) is 43.3 Å². The van der Waals surface area contributed by atoms with Gasteiger partial charge in [-0.2, -0.15) is 0 Å². The quantitative estimate of drug-likeness (QED) is 0.371. The Labute approximate surface area is 140 Å². The zero-order valence-electron chi connectivity index (χ0n) is 13.5. The van der Waals surface area contributed by atoms with Crippen LogP contribution in [0.25, 0.3) is 32.7 Å². The first-order chi connectivity index (χ1) is 11.7. The van der Waals surface area contributed by atoms with E-state index in [4.69, 9.17) is 0 Å². The number of benzene rings is 4. The minimum Gasteiger partial charge on any atom is -0.508 e. The highest BCUT2D eigenvalue weighted by atomic mass is 16.3. The second kappa shape index (κ2) is 5.57. The van der Waals surface area contributed by atoms with E-state index in [0.29, 0.717) is 5.56 Å². The predicted octanol–water partition coefficient (Wildman–Crippen LogP) is 5.63. The van der Waals surface area contributed by atoms with Gasteiger partial charge in [0.25, 0.3) is 0 Å². The van der Waals surface area contributed by atoms with Gasteiger partial charge in [0.2, 0.25) is 0 Å². The number of hydrogen-bond acceptors (Lipinski definition) is 2. The molecular formula is C22H18O2. The van der Waals surface area contributed by atoms with Crippen molar-refractivity contribution in [1.29, 1.82) is 0 Å². The molecule has 2 N–H and O–H groups in total. The summed E-state index contributed by atoms with van der Waals surface area (Å²) in [5, 5.41) is 24.8. The molecule has 0 unspecified atom stereocenters. The predicted molar refractivity (Wildman–Crippen MR) is 99.6 cm³/mol. The minimum atomic E-state index is 0.155. The lowest BCUT2D eigenvalue weighted by Gasteiger charge is -2.15. The van der Waals surface area contributed by atoms with Crippen molar-refractivity contribution in [1.82, 2.24) is 0 Å². The third-order valence-corrected chi connectivity index (χ3v) is 4.60. The molecule has 2 heteroatoms. The van der Waals surface area contributed by atoms with E-state index in [2.05, 4.69) is 43.3 Å². The molecule has 0 aromatic heterocycles. The Morgan fingerprint density at radius 2 is 1.50 bits per heavy atom. The van der Waals surface area contributed by atoms with Crippen LogP contribution < -0.4 is 0 Å². The molecule has 4 aromatic rings. The number of aromatic hydroxyl groups is 2. The first-order valence-corrected chi connectivity index (χ1v) is 8.14. The lowest BCUT2D eigenvalue weighted by atomic mass is 9.90. The van der Waals surface area contributed by atoms with Crippen LogP contribution in [0.4, 0.5) is 0 Å². The third-order valence-electron chi connectivity index (χ3n) is 4.60. The smallest absolute Gasteiger partial charge is 0.123 e. The Kier molecular flexibility index (Phi) is 3.39. The summed E-state index contributed by atoms with van der Waals surface area (Å²) >= 11 is 0. The molecule has 0 atom stereocenters. The molecule has 0 aliphatic carbocycles. The van der Waals surface area contributed by atoms with Crippen molar-refractivity contribution >= 4 is 21.5 Å². The summed E-state index contributed by atoms with van der Waals surface area (Å²) < 4.78 is 0. The van der Waals surface area contributed by atoms with Crippen LogP contribution in [0, 0.1) is 0 Å². The minimum absolute atomic E-state index is 0.155. The van der Waals surface area contributed by atoms with E-state index < -0.39 is 0 Å². The molecule has 0 fully saturated rings. The fourth-order valence-electron chi connectivity index (χ4n) is 3.40. The van der Waals surface area contributed by atoms with Gasteiger partial charge in [-0.3, -0.25) is 0 Å². The molecule has 0 heterocycles. The zero-order valence-corrected chi connectivity index (χ0v) is 13.5. The fourth-order valence-corrected chi connectivity index (χ4v) is 3.40. The van der Waals surface area contributed by atoms with Crippen LogP contribution in [0.1, 0.15) is 12.5 Å². The first-order valence-electron chi connectivity index (χ1n) is 8.14. The van der Waals surface area contributed by atoms with Gasteiger partial charge >= 0.3 is 0 Å².